The molecule has 0 unspecified atom stereocenters. The lowest BCUT2D eigenvalue weighted by molar-refractivity contribution is -0.136. The van der Waals surface area contributed by atoms with Crippen LogP contribution in [-0.2, 0) is 19.6 Å². The Balaban J connectivity index is 1.83. The number of hydrogen-bond acceptors (Lipinski definition) is 5. The van der Waals surface area contributed by atoms with Gasteiger partial charge in [0.2, 0.25) is 15.9 Å². The van der Waals surface area contributed by atoms with Crippen LogP contribution in [0.5, 0.6) is 0 Å². The molecule has 9 heteroatoms. The summed E-state index contributed by atoms with van der Waals surface area (Å²) in [4.78, 5) is 26.4. The smallest absolute Gasteiger partial charge is 0.253 e. The molecule has 0 bridgehead atoms. The van der Waals surface area contributed by atoms with Crippen LogP contribution in [-0.4, -0.2) is 60.2 Å². The third kappa shape index (κ3) is 3.60. The van der Waals surface area contributed by atoms with Crippen LogP contribution in [0.15, 0.2) is 52.8 Å². The Kier molecular flexibility index (Phi) is 5.08. The van der Waals surface area contributed by atoms with E-state index in [-0.39, 0.29) is 23.5 Å². The van der Waals surface area contributed by atoms with E-state index in [1.807, 2.05) is 31.1 Å². The number of hydrogen-bond donors (Lipinski definition) is 1. The molecule has 0 spiro atoms. The Morgan fingerprint density at radius 3 is 2.37 bits per heavy atom. The van der Waals surface area contributed by atoms with E-state index in [1.165, 1.54) is 6.07 Å². The van der Waals surface area contributed by atoms with Crippen molar-refractivity contribution in [2.75, 3.05) is 32.1 Å². The summed E-state index contributed by atoms with van der Waals surface area (Å²) in [5.74, 6) is -1.16. The number of carbonyl (C=O) groups excluding carboxylic acids is 2. The van der Waals surface area contributed by atoms with Crippen LogP contribution in [0, 0.1) is 0 Å². The van der Waals surface area contributed by atoms with Crippen LogP contribution in [0.1, 0.15) is 0 Å². The third-order valence-corrected chi connectivity index (χ3v) is 5.81. The van der Waals surface area contributed by atoms with Crippen LogP contribution >= 0.6 is 0 Å². The van der Waals surface area contributed by atoms with Gasteiger partial charge in [0.1, 0.15) is 7.85 Å². The zero-order valence-electron chi connectivity index (χ0n) is 15.0. The highest BCUT2D eigenvalue weighted by molar-refractivity contribution is 7.89. The average Bonchev–Trinajstić information content (AvgIpc) is 2.86. The first-order chi connectivity index (χ1) is 12.7. The SMILES string of the molecule is [B]C1=CC(=O)N(CCNS(=O)(=O)c2cccc3c(N(C)C)cccc23)C1=O. The van der Waals surface area contributed by atoms with Crippen molar-refractivity contribution in [1.82, 2.24) is 9.62 Å². The van der Waals surface area contributed by atoms with Crippen molar-refractivity contribution in [3.63, 3.8) is 0 Å². The molecule has 0 saturated heterocycles. The lowest BCUT2D eigenvalue weighted by Gasteiger charge is -2.18. The third-order valence-electron chi connectivity index (χ3n) is 4.29. The van der Waals surface area contributed by atoms with Crippen LogP contribution in [0.2, 0.25) is 0 Å². The van der Waals surface area contributed by atoms with Gasteiger partial charge in [-0.3, -0.25) is 14.5 Å². The fourth-order valence-corrected chi connectivity index (χ4v) is 4.24. The molecule has 2 amide bonds. The molecule has 1 heterocycles. The standard InChI is InChI=1S/C18H18BN3O4S/c1-21(2)15-7-3-6-13-12(15)5-4-8-16(13)27(25,26)20-9-10-22-17(23)11-14(19)18(22)24/h3-8,11,20H,9-10H2,1-2H3. The van der Waals surface area contributed by atoms with E-state index in [0.717, 1.165) is 22.0 Å². The van der Waals surface area contributed by atoms with Crippen molar-refractivity contribution in [2.24, 2.45) is 0 Å². The molecule has 2 aromatic carbocycles. The molecule has 0 saturated carbocycles. The first-order valence-corrected chi connectivity index (χ1v) is 9.72. The Morgan fingerprint density at radius 2 is 1.74 bits per heavy atom. The van der Waals surface area contributed by atoms with Gasteiger partial charge < -0.3 is 4.90 Å². The van der Waals surface area contributed by atoms with Crippen molar-refractivity contribution in [2.45, 2.75) is 4.90 Å². The monoisotopic (exact) mass is 383 g/mol. The van der Waals surface area contributed by atoms with Gasteiger partial charge in [-0.2, -0.15) is 0 Å². The summed E-state index contributed by atoms with van der Waals surface area (Å²) in [6.07, 6.45) is 1.03. The van der Waals surface area contributed by atoms with Crippen molar-refractivity contribution in [3.8, 4) is 0 Å². The number of sulfonamides is 1. The molecule has 0 fully saturated rings. The van der Waals surface area contributed by atoms with E-state index in [0.29, 0.717) is 5.39 Å². The molecule has 0 aromatic heterocycles. The zero-order chi connectivity index (χ0) is 19.8. The number of anilines is 1. The maximum atomic E-state index is 12.8. The van der Waals surface area contributed by atoms with E-state index >= 15 is 0 Å². The molecular formula is C18H18BN3O4S. The van der Waals surface area contributed by atoms with Gasteiger partial charge in [-0.1, -0.05) is 24.3 Å². The second-order valence-electron chi connectivity index (χ2n) is 6.32. The highest BCUT2D eigenvalue weighted by Gasteiger charge is 2.28. The lowest BCUT2D eigenvalue weighted by atomic mass is 9.96. The first kappa shape index (κ1) is 19.1. The number of fused-ring (bicyclic) bond motifs is 1. The summed E-state index contributed by atoms with van der Waals surface area (Å²) >= 11 is 0. The minimum atomic E-state index is -3.84. The molecule has 0 aliphatic carbocycles. The van der Waals surface area contributed by atoms with E-state index in [4.69, 9.17) is 7.85 Å². The maximum Gasteiger partial charge on any atom is 0.253 e. The molecule has 1 N–H and O–H groups in total. The van der Waals surface area contributed by atoms with Gasteiger partial charge in [-0.25, -0.2) is 13.1 Å². The number of benzene rings is 2. The van der Waals surface area contributed by atoms with Gasteiger partial charge in [0.05, 0.1) is 4.90 Å². The van der Waals surface area contributed by atoms with Gasteiger partial charge in [0, 0.05) is 49.7 Å². The van der Waals surface area contributed by atoms with E-state index < -0.39 is 21.8 Å². The highest BCUT2D eigenvalue weighted by atomic mass is 32.2. The van der Waals surface area contributed by atoms with Crippen LogP contribution in [0.25, 0.3) is 10.8 Å². The molecule has 0 atom stereocenters. The van der Waals surface area contributed by atoms with Crippen molar-refractivity contribution in [1.29, 1.82) is 0 Å². The number of imide groups is 1. The number of rotatable bonds is 6. The molecule has 1 aliphatic rings. The fourth-order valence-electron chi connectivity index (χ4n) is 3.00. The first-order valence-electron chi connectivity index (χ1n) is 8.24. The molecule has 2 radical (unpaired) electrons. The fraction of sp³-hybridized carbons (Fsp3) is 0.222. The minimum Gasteiger partial charge on any atom is -0.377 e. The number of carbonyl (C=O) groups is 2. The van der Waals surface area contributed by atoms with E-state index in [9.17, 15) is 18.0 Å². The second kappa shape index (κ2) is 7.17. The summed E-state index contributed by atoms with van der Waals surface area (Å²) in [5.41, 5.74) is 0.757. The molecule has 1 aliphatic heterocycles. The minimum absolute atomic E-state index is 0.0954. The quantitative estimate of drug-likeness (QED) is 0.584. The summed E-state index contributed by atoms with van der Waals surface area (Å²) < 4.78 is 28.0. The maximum absolute atomic E-state index is 12.8. The second-order valence-corrected chi connectivity index (χ2v) is 8.05. The summed E-state index contributed by atoms with van der Waals surface area (Å²) in [5, 5.41) is 1.41. The molecular weight excluding hydrogens is 365 g/mol. The van der Waals surface area contributed by atoms with Crippen molar-refractivity contribution >= 4 is 46.1 Å². The Hall–Kier alpha value is -2.65. The van der Waals surface area contributed by atoms with Gasteiger partial charge >= 0.3 is 0 Å². The van der Waals surface area contributed by atoms with E-state index in [2.05, 4.69) is 4.72 Å². The number of nitrogens with zero attached hydrogens (tertiary/aromatic N) is 2. The number of amides is 2. The largest absolute Gasteiger partial charge is 0.377 e. The van der Waals surface area contributed by atoms with Gasteiger partial charge in [0.25, 0.3) is 5.91 Å². The van der Waals surface area contributed by atoms with Gasteiger partial charge in [-0.15, -0.1) is 0 Å². The topological polar surface area (TPSA) is 86.8 Å². The predicted molar refractivity (Wildman–Crippen MR) is 104 cm³/mol. The van der Waals surface area contributed by atoms with Gasteiger partial charge in [0.15, 0.2) is 0 Å². The Bertz CT molecular complexity index is 1060. The highest BCUT2D eigenvalue weighted by Crippen LogP contribution is 2.30. The number of nitrogens with one attached hydrogen (secondary N) is 1. The molecule has 27 heavy (non-hydrogen) atoms. The predicted octanol–water partition coefficient (Wildman–Crippen LogP) is 0.605. The summed E-state index contributed by atoms with van der Waals surface area (Å²) in [7, 11) is 5.35. The molecule has 7 nitrogen and oxygen atoms in total. The Morgan fingerprint density at radius 1 is 1.07 bits per heavy atom. The average molecular weight is 383 g/mol. The van der Waals surface area contributed by atoms with Crippen molar-refractivity contribution < 1.29 is 18.0 Å². The molecule has 3 rings (SSSR count). The summed E-state index contributed by atoms with van der Waals surface area (Å²) in [6, 6.07) is 10.5. The molecule has 138 valence electrons. The normalized spacial score (nSPS) is 14.7. The molecule has 2 aromatic rings. The Labute approximate surface area is 159 Å². The lowest BCUT2D eigenvalue weighted by Crippen LogP contribution is -2.38. The van der Waals surface area contributed by atoms with E-state index in [1.54, 1.807) is 18.2 Å². The van der Waals surface area contributed by atoms with Crippen LogP contribution < -0.4 is 9.62 Å². The van der Waals surface area contributed by atoms with Crippen LogP contribution in [0.3, 0.4) is 0 Å². The van der Waals surface area contributed by atoms with Gasteiger partial charge in [-0.05, 0) is 17.6 Å². The zero-order valence-corrected chi connectivity index (χ0v) is 15.8. The van der Waals surface area contributed by atoms with Crippen molar-refractivity contribution in [3.05, 3.63) is 47.9 Å². The summed E-state index contributed by atoms with van der Waals surface area (Å²) in [6.45, 7) is -0.202. The van der Waals surface area contributed by atoms with Crippen LogP contribution in [0.4, 0.5) is 5.69 Å².